The first-order chi connectivity index (χ1) is 9.79. The first-order valence-corrected chi connectivity index (χ1v) is 6.59. The molecule has 2 rings (SSSR count). The van der Waals surface area contributed by atoms with E-state index in [2.05, 4.69) is 24.0 Å². The van der Waals surface area contributed by atoms with E-state index in [9.17, 15) is 4.79 Å². The molecule has 0 aliphatic heterocycles. The number of ether oxygens (including phenoxy) is 1. The van der Waals surface area contributed by atoms with Gasteiger partial charge in [0.05, 0.1) is 0 Å². The number of rotatable bonds is 3. The molecule has 2 aromatic carbocycles. The van der Waals surface area contributed by atoms with Crippen LogP contribution in [0.3, 0.4) is 0 Å². The minimum atomic E-state index is -0.223. The Morgan fingerprint density at radius 3 is 2.30 bits per heavy atom. The van der Waals surface area contributed by atoms with E-state index in [1.165, 1.54) is 5.56 Å². The molecule has 0 saturated carbocycles. The molecule has 2 nitrogen and oxygen atoms in total. The van der Waals surface area contributed by atoms with Crippen molar-refractivity contribution in [3.8, 4) is 23.0 Å². The third-order valence-corrected chi connectivity index (χ3v) is 2.82. The molecule has 0 saturated heterocycles. The lowest BCUT2D eigenvalue weighted by Crippen LogP contribution is -2.01. The van der Waals surface area contributed by atoms with Crippen LogP contribution >= 0.6 is 0 Å². The molecule has 0 aliphatic rings. The monoisotopic (exact) mass is 264 g/mol. The topological polar surface area (TPSA) is 26.3 Å². The van der Waals surface area contributed by atoms with Crippen molar-refractivity contribution in [3.05, 3.63) is 60.2 Å². The predicted octanol–water partition coefficient (Wildman–Crippen LogP) is 3.66. The Morgan fingerprint density at radius 1 is 1.00 bits per heavy atom. The van der Waals surface area contributed by atoms with Gasteiger partial charge < -0.3 is 4.74 Å². The summed E-state index contributed by atoms with van der Waals surface area (Å²) >= 11 is 0. The van der Waals surface area contributed by atoms with E-state index in [1.54, 1.807) is 6.92 Å². The van der Waals surface area contributed by atoms with Crippen molar-refractivity contribution in [2.45, 2.75) is 13.3 Å². The van der Waals surface area contributed by atoms with Crippen molar-refractivity contribution in [1.82, 2.24) is 0 Å². The summed E-state index contributed by atoms with van der Waals surface area (Å²) in [5, 5.41) is 0. The maximum atomic E-state index is 10.9. The van der Waals surface area contributed by atoms with E-state index in [-0.39, 0.29) is 12.6 Å². The molecule has 0 spiro atoms. The molecule has 0 aromatic heterocycles. The first-order valence-electron chi connectivity index (χ1n) is 6.59. The largest absolute Gasteiger partial charge is 0.452 e. The SMILES string of the molecule is CCC(=O)OCC#Cc1ccc(-c2ccccc2)cc1. The van der Waals surface area contributed by atoms with E-state index in [0.717, 1.165) is 11.1 Å². The normalized spacial score (nSPS) is 9.45. The lowest BCUT2D eigenvalue weighted by atomic mass is 10.0. The van der Waals surface area contributed by atoms with Gasteiger partial charge in [-0.05, 0) is 23.3 Å². The van der Waals surface area contributed by atoms with Crippen LogP contribution in [-0.4, -0.2) is 12.6 Å². The van der Waals surface area contributed by atoms with Crippen LogP contribution in [0.5, 0.6) is 0 Å². The lowest BCUT2D eigenvalue weighted by molar-refractivity contribution is -0.141. The van der Waals surface area contributed by atoms with E-state index < -0.39 is 0 Å². The smallest absolute Gasteiger partial charge is 0.306 e. The zero-order valence-electron chi connectivity index (χ0n) is 11.4. The highest BCUT2D eigenvalue weighted by atomic mass is 16.5. The third-order valence-electron chi connectivity index (χ3n) is 2.82. The minimum absolute atomic E-state index is 0.146. The second-order valence-corrected chi connectivity index (χ2v) is 4.26. The zero-order valence-corrected chi connectivity index (χ0v) is 11.4. The summed E-state index contributed by atoms with van der Waals surface area (Å²) in [6.45, 7) is 1.91. The van der Waals surface area contributed by atoms with Crippen LogP contribution in [0.2, 0.25) is 0 Å². The molecule has 0 aliphatic carbocycles. The van der Waals surface area contributed by atoms with E-state index >= 15 is 0 Å². The van der Waals surface area contributed by atoms with Crippen LogP contribution in [0.15, 0.2) is 54.6 Å². The summed E-state index contributed by atoms with van der Waals surface area (Å²) < 4.78 is 4.89. The van der Waals surface area contributed by atoms with Gasteiger partial charge in [-0.2, -0.15) is 0 Å². The molecule has 0 bridgehead atoms. The molecule has 0 fully saturated rings. The highest BCUT2D eigenvalue weighted by Gasteiger charge is 1.96. The van der Waals surface area contributed by atoms with Crippen molar-refractivity contribution in [2.75, 3.05) is 6.61 Å². The molecule has 20 heavy (non-hydrogen) atoms. The maximum absolute atomic E-state index is 10.9. The molecule has 2 aromatic rings. The van der Waals surface area contributed by atoms with Crippen molar-refractivity contribution in [1.29, 1.82) is 0 Å². The van der Waals surface area contributed by atoms with Gasteiger partial charge in [0, 0.05) is 12.0 Å². The second kappa shape index (κ2) is 7.16. The van der Waals surface area contributed by atoms with Crippen molar-refractivity contribution < 1.29 is 9.53 Å². The summed E-state index contributed by atoms with van der Waals surface area (Å²) in [6, 6.07) is 18.2. The molecular weight excluding hydrogens is 248 g/mol. The summed E-state index contributed by atoms with van der Waals surface area (Å²) in [7, 11) is 0. The van der Waals surface area contributed by atoms with Gasteiger partial charge >= 0.3 is 5.97 Å². The summed E-state index contributed by atoms with van der Waals surface area (Å²) in [5.41, 5.74) is 3.26. The van der Waals surface area contributed by atoms with Crippen molar-refractivity contribution in [3.63, 3.8) is 0 Å². The van der Waals surface area contributed by atoms with Gasteiger partial charge in [0.1, 0.15) is 0 Å². The molecule has 0 unspecified atom stereocenters. The first kappa shape index (κ1) is 13.9. The zero-order chi connectivity index (χ0) is 14.2. The summed E-state index contributed by atoms with van der Waals surface area (Å²) in [6.07, 6.45) is 0.382. The summed E-state index contributed by atoms with van der Waals surface area (Å²) in [4.78, 5) is 10.9. The van der Waals surface area contributed by atoms with Gasteiger partial charge in [0.15, 0.2) is 6.61 Å². The molecule has 0 N–H and O–H groups in total. The average Bonchev–Trinajstić information content (AvgIpc) is 2.52. The van der Waals surface area contributed by atoms with Crippen LogP contribution < -0.4 is 0 Å². The Labute approximate surface area is 119 Å². The number of carbonyl (C=O) groups excluding carboxylic acids is 1. The Morgan fingerprint density at radius 2 is 1.65 bits per heavy atom. The Kier molecular flexibility index (Phi) is 4.97. The number of benzene rings is 2. The van der Waals surface area contributed by atoms with Crippen LogP contribution in [0.25, 0.3) is 11.1 Å². The van der Waals surface area contributed by atoms with Crippen LogP contribution in [0.4, 0.5) is 0 Å². The van der Waals surface area contributed by atoms with Gasteiger partial charge in [0.25, 0.3) is 0 Å². The summed E-state index contributed by atoms with van der Waals surface area (Å²) in [5.74, 6) is 5.59. The minimum Gasteiger partial charge on any atom is -0.452 e. The fraction of sp³-hybridized carbons (Fsp3) is 0.167. The standard InChI is InChI=1S/C18H16O2/c1-2-18(19)20-14-6-7-15-10-12-17(13-11-15)16-8-4-3-5-9-16/h3-5,8-13H,2,14H2,1H3. The Hall–Kier alpha value is -2.53. The molecule has 0 amide bonds. The predicted molar refractivity (Wildman–Crippen MR) is 80.0 cm³/mol. The maximum Gasteiger partial charge on any atom is 0.306 e. The van der Waals surface area contributed by atoms with Crippen LogP contribution in [0.1, 0.15) is 18.9 Å². The van der Waals surface area contributed by atoms with E-state index in [0.29, 0.717) is 6.42 Å². The molecule has 100 valence electrons. The van der Waals surface area contributed by atoms with Crippen LogP contribution in [-0.2, 0) is 9.53 Å². The Bertz CT molecular complexity index is 616. The van der Waals surface area contributed by atoms with Gasteiger partial charge in [-0.1, -0.05) is 61.2 Å². The highest BCUT2D eigenvalue weighted by molar-refractivity contribution is 5.69. The molecule has 2 heteroatoms. The van der Waals surface area contributed by atoms with Gasteiger partial charge in [-0.3, -0.25) is 4.79 Å². The van der Waals surface area contributed by atoms with E-state index in [1.807, 2.05) is 42.5 Å². The van der Waals surface area contributed by atoms with Crippen molar-refractivity contribution >= 4 is 5.97 Å². The van der Waals surface area contributed by atoms with Gasteiger partial charge in [0.2, 0.25) is 0 Å². The van der Waals surface area contributed by atoms with Crippen molar-refractivity contribution in [2.24, 2.45) is 0 Å². The fourth-order valence-corrected chi connectivity index (χ4v) is 1.73. The number of esters is 1. The molecule has 0 heterocycles. The fourth-order valence-electron chi connectivity index (χ4n) is 1.73. The number of hydrogen-bond donors (Lipinski definition) is 0. The highest BCUT2D eigenvalue weighted by Crippen LogP contribution is 2.18. The lowest BCUT2D eigenvalue weighted by Gasteiger charge is -2.00. The average molecular weight is 264 g/mol. The third kappa shape index (κ3) is 4.00. The molecule has 0 atom stereocenters. The number of hydrogen-bond acceptors (Lipinski definition) is 2. The van der Waals surface area contributed by atoms with Crippen LogP contribution in [0, 0.1) is 11.8 Å². The Balaban J connectivity index is 1.99. The number of carbonyl (C=O) groups is 1. The quantitative estimate of drug-likeness (QED) is 0.624. The second-order valence-electron chi connectivity index (χ2n) is 4.26. The van der Waals surface area contributed by atoms with E-state index in [4.69, 9.17) is 4.74 Å². The van der Waals surface area contributed by atoms with Gasteiger partial charge in [-0.15, -0.1) is 0 Å². The molecule has 0 radical (unpaired) electrons. The molecular formula is C18H16O2. The van der Waals surface area contributed by atoms with Gasteiger partial charge in [-0.25, -0.2) is 0 Å².